The maximum absolute atomic E-state index is 2.91. The monoisotopic (exact) mass is 492 g/mol. The molecule has 0 aromatic rings. The van der Waals surface area contributed by atoms with Gasteiger partial charge in [0.2, 0.25) is 0 Å². The Balaban J connectivity index is 1.91. The van der Waals surface area contributed by atoms with Gasteiger partial charge in [-0.3, -0.25) is 0 Å². The van der Waals surface area contributed by atoms with Crippen LogP contribution in [0.3, 0.4) is 0 Å². The van der Waals surface area contributed by atoms with E-state index >= 15 is 0 Å². The van der Waals surface area contributed by atoms with Crippen LogP contribution >= 0.6 is 0 Å². The van der Waals surface area contributed by atoms with Gasteiger partial charge in [-0.25, -0.2) is 0 Å². The van der Waals surface area contributed by atoms with Crippen molar-refractivity contribution in [1.29, 1.82) is 0 Å². The molecule has 0 bridgehead atoms. The average Bonchev–Trinajstić information content (AvgIpc) is 3.24. The lowest BCUT2D eigenvalue weighted by molar-refractivity contribution is 0.370. The minimum absolute atomic E-state index is 0.765. The van der Waals surface area contributed by atoms with Crippen molar-refractivity contribution < 1.29 is 0 Å². The van der Waals surface area contributed by atoms with Crippen molar-refractivity contribution in [2.45, 2.75) is 120 Å². The highest BCUT2D eigenvalue weighted by Crippen LogP contribution is 2.69. The van der Waals surface area contributed by atoms with Gasteiger partial charge in [-0.15, -0.1) is 0 Å². The molecule has 8 unspecified atom stereocenters. The SMILES string of the molecule is CCC[Si](C)(C1C(C)C(C)[C@@H]2C(C)=C(C)C(C)=C(C)C12)C1C2C(C)=C(C)C(C)=C(C)[C@H]2[C@@H](C)C1C. The predicted octanol–water partition coefficient (Wildman–Crippen LogP) is 10.6. The molecule has 0 aliphatic heterocycles. The van der Waals surface area contributed by atoms with Crippen LogP contribution in [-0.2, 0) is 0 Å². The van der Waals surface area contributed by atoms with Crippen LogP contribution in [-0.4, -0.2) is 8.07 Å². The summed E-state index contributed by atoms with van der Waals surface area (Å²) in [6.07, 6.45) is 1.36. The standard InChI is InChI=1S/C34H56Si/c1-15-16-35(14,33-27(12)25(10)29-21(6)17(2)19(4)23(8)31(29)33)34-28(13)26(11)30-22(7)18(3)20(5)24(9)32(30)34/h25-34H,15-16H2,1-14H3/t25-,26?,27?,28?,29-,30-,31?,32?,33?,34?,35?/m0/s1. The first-order valence-corrected chi connectivity index (χ1v) is 17.8. The topological polar surface area (TPSA) is 0 Å². The lowest BCUT2D eigenvalue weighted by Crippen LogP contribution is -2.49. The normalized spacial score (nSPS) is 43.7. The fourth-order valence-corrected chi connectivity index (χ4v) is 18.5. The van der Waals surface area contributed by atoms with Crippen molar-refractivity contribution in [2.24, 2.45) is 47.3 Å². The molecule has 2 fully saturated rings. The maximum atomic E-state index is 2.91. The Kier molecular flexibility index (Phi) is 7.14. The Labute approximate surface area is 219 Å². The fraction of sp³-hybridized carbons (Fsp3) is 0.765. The Morgan fingerprint density at radius 2 is 0.771 bits per heavy atom. The number of allylic oxidation sites excluding steroid dienone is 8. The van der Waals surface area contributed by atoms with E-state index in [0.717, 1.165) is 58.4 Å². The molecule has 35 heavy (non-hydrogen) atoms. The van der Waals surface area contributed by atoms with Crippen LogP contribution in [0.4, 0.5) is 0 Å². The summed E-state index contributed by atoms with van der Waals surface area (Å²) < 4.78 is 0. The molecule has 1 heteroatoms. The van der Waals surface area contributed by atoms with E-state index in [-0.39, 0.29) is 0 Å². The number of hydrogen-bond donors (Lipinski definition) is 0. The zero-order valence-corrected chi connectivity index (χ0v) is 26.7. The van der Waals surface area contributed by atoms with E-state index < -0.39 is 8.07 Å². The van der Waals surface area contributed by atoms with Crippen LogP contribution in [0, 0.1) is 47.3 Å². The molecule has 0 spiro atoms. The maximum Gasteiger partial charge on any atom is 0.0584 e. The smallest absolute Gasteiger partial charge is 0.0584 e. The molecule has 0 radical (unpaired) electrons. The minimum Gasteiger partial charge on any atom is -0.0687 e. The summed E-state index contributed by atoms with van der Waals surface area (Å²) in [5, 5.41) is 0. The van der Waals surface area contributed by atoms with Crippen molar-refractivity contribution in [3.8, 4) is 0 Å². The molecule has 0 aromatic heterocycles. The molecule has 2 saturated carbocycles. The summed E-state index contributed by atoms with van der Waals surface area (Å²) in [6, 6.07) is 1.50. The van der Waals surface area contributed by atoms with Gasteiger partial charge >= 0.3 is 0 Å². The highest BCUT2D eigenvalue weighted by atomic mass is 28.3. The van der Waals surface area contributed by atoms with Crippen molar-refractivity contribution in [3.05, 3.63) is 44.6 Å². The van der Waals surface area contributed by atoms with E-state index in [4.69, 9.17) is 0 Å². The molecule has 11 atom stereocenters. The third-order valence-corrected chi connectivity index (χ3v) is 19.7. The Morgan fingerprint density at radius 1 is 0.486 bits per heavy atom. The minimum atomic E-state index is -1.67. The first kappa shape index (κ1) is 27.2. The van der Waals surface area contributed by atoms with E-state index in [1.54, 1.807) is 44.6 Å². The second-order valence-corrected chi connectivity index (χ2v) is 18.9. The van der Waals surface area contributed by atoms with Crippen LogP contribution in [0.25, 0.3) is 0 Å². The molecule has 0 amide bonds. The first-order chi connectivity index (χ1) is 16.2. The molecule has 0 heterocycles. The van der Waals surface area contributed by atoms with Gasteiger partial charge < -0.3 is 0 Å². The van der Waals surface area contributed by atoms with Crippen LogP contribution in [0.5, 0.6) is 0 Å². The van der Waals surface area contributed by atoms with Crippen LogP contribution in [0.1, 0.15) is 96.4 Å². The first-order valence-electron chi connectivity index (χ1n) is 14.9. The van der Waals surface area contributed by atoms with Gasteiger partial charge in [0.25, 0.3) is 0 Å². The summed E-state index contributed by atoms with van der Waals surface area (Å²) in [5.74, 6) is 6.33. The van der Waals surface area contributed by atoms with Gasteiger partial charge in [0, 0.05) is 0 Å². The Morgan fingerprint density at radius 3 is 1.06 bits per heavy atom. The van der Waals surface area contributed by atoms with Crippen molar-refractivity contribution in [3.63, 3.8) is 0 Å². The lowest BCUT2D eigenvalue weighted by atomic mass is 9.72. The third kappa shape index (κ3) is 3.56. The molecule has 0 saturated heterocycles. The number of rotatable bonds is 4. The molecule has 4 aliphatic carbocycles. The zero-order valence-electron chi connectivity index (χ0n) is 25.7. The van der Waals surface area contributed by atoms with E-state index in [1.165, 1.54) is 12.5 Å². The summed E-state index contributed by atoms with van der Waals surface area (Å²) in [6.45, 7) is 35.7. The predicted molar refractivity (Wildman–Crippen MR) is 158 cm³/mol. The molecule has 0 aromatic carbocycles. The van der Waals surface area contributed by atoms with E-state index in [1.807, 2.05) is 0 Å². The van der Waals surface area contributed by atoms with Gasteiger partial charge in [-0.05, 0) is 136 Å². The molecule has 4 aliphatic rings. The van der Waals surface area contributed by atoms with Gasteiger partial charge in [0.05, 0.1) is 8.07 Å². The van der Waals surface area contributed by atoms with Crippen LogP contribution in [0.2, 0.25) is 23.7 Å². The van der Waals surface area contributed by atoms with Gasteiger partial charge in [-0.2, -0.15) is 0 Å². The quantitative estimate of drug-likeness (QED) is 0.342. The highest BCUT2D eigenvalue weighted by Gasteiger charge is 2.63. The number of fused-ring (bicyclic) bond motifs is 2. The lowest BCUT2D eigenvalue weighted by Gasteiger charge is -2.50. The number of hydrogen-bond acceptors (Lipinski definition) is 0. The molecular weight excluding hydrogens is 436 g/mol. The van der Waals surface area contributed by atoms with Crippen molar-refractivity contribution in [1.82, 2.24) is 0 Å². The van der Waals surface area contributed by atoms with Gasteiger partial charge in [0.15, 0.2) is 0 Å². The van der Waals surface area contributed by atoms with Gasteiger partial charge in [0.1, 0.15) is 0 Å². The third-order valence-electron chi connectivity index (χ3n) is 13.3. The Bertz CT molecular complexity index is 939. The average molecular weight is 493 g/mol. The second kappa shape index (κ2) is 9.18. The van der Waals surface area contributed by atoms with E-state index in [9.17, 15) is 0 Å². The zero-order chi connectivity index (χ0) is 26.3. The summed E-state index contributed by atoms with van der Waals surface area (Å²) in [4.78, 5) is 0. The fourth-order valence-electron chi connectivity index (χ4n) is 10.8. The van der Waals surface area contributed by atoms with Crippen molar-refractivity contribution >= 4 is 8.07 Å². The summed E-state index contributed by atoms with van der Waals surface area (Å²) >= 11 is 0. The van der Waals surface area contributed by atoms with Crippen LogP contribution in [0.15, 0.2) is 44.6 Å². The highest BCUT2D eigenvalue weighted by molar-refractivity contribution is 6.82. The second-order valence-electron chi connectivity index (χ2n) is 14.1. The van der Waals surface area contributed by atoms with E-state index in [2.05, 4.69) is 96.6 Å². The summed E-state index contributed by atoms with van der Waals surface area (Å²) in [7, 11) is -1.67. The molecule has 196 valence electrons. The molecule has 0 N–H and O–H groups in total. The molecule has 0 nitrogen and oxygen atoms in total. The van der Waals surface area contributed by atoms with Crippen LogP contribution < -0.4 is 0 Å². The Hall–Kier alpha value is -0.823. The van der Waals surface area contributed by atoms with Gasteiger partial charge in [-0.1, -0.05) is 75.9 Å². The van der Waals surface area contributed by atoms with E-state index in [0.29, 0.717) is 0 Å². The largest absolute Gasteiger partial charge is 0.0687 e. The molecule has 4 rings (SSSR count). The van der Waals surface area contributed by atoms with Crippen molar-refractivity contribution in [2.75, 3.05) is 0 Å². The summed E-state index contributed by atoms with van der Waals surface area (Å²) in [5.41, 5.74) is 15.2. The molecular formula is C34H56Si.